The number of hydrogen-bond acceptors (Lipinski definition) is 4. The van der Waals surface area contributed by atoms with E-state index in [0.29, 0.717) is 36.9 Å². The molecule has 2 aliphatic rings. The van der Waals surface area contributed by atoms with Gasteiger partial charge in [-0.3, -0.25) is 9.59 Å². The van der Waals surface area contributed by atoms with Gasteiger partial charge in [-0.05, 0) is 38.3 Å². The van der Waals surface area contributed by atoms with Crippen molar-refractivity contribution in [3.63, 3.8) is 0 Å². The van der Waals surface area contributed by atoms with Gasteiger partial charge in [0.25, 0.3) is 0 Å². The Labute approximate surface area is 148 Å². The Bertz CT molecular complexity index is 657. The molecule has 0 spiro atoms. The maximum Gasteiger partial charge on any atom is 0.225 e. The molecule has 0 unspecified atom stereocenters. The molecule has 1 aliphatic carbocycles. The topological polar surface area (TPSA) is 67.9 Å². The van der Waals surface area contributed by atoms with Crippen LogP contribution in [-0.4, -0.2) is 43.5 Å². The minimum Gasteiger partial charge on any atom is -0.497 e. The quantitative estimate of drug-likeness (QED) is 0.858. The number of ether oxygens (including phenoxy) is 2. The van der Waals surface area contributed by atoms with Crippen LogP contribution in [0.1, 0.15) is 44.2 Å². The van der Waals surface area contributed by atoms with E-state index in [4.69, 9.17) is 9.47 Å². The lowest BCUT2D eigenvalue weighted by atomic mass is 9.83. The molecule has 3 rings (SSSR count). The van der Waals surface area contributed by atoms with Crippen LogP contribution in [0, 0.1) is 5.92 Å². The average Bonchev–Trinajstić information content (AvgIpc) is 3.44. The highest BCUT2D eigenvalue weighted by atomic mass is 16.5. The van der Waals surface area contributed by atoms with E-state index in [-0.39, 0.29) is 23.8 Å². The first kappa shape index (κ1) is 17.6. The SMILES string of the molecule is CCN1C(=O)CC[C@@H](C(=O)NC2CC2)[C@@H]1c1ccc(OC)cc1OC. The number of piperidine rings is 1. The summed E-state index contributed by atoms with van der Waals surface area (Å²) in [5, 5.41) is 3.10. The Morgan fingerprint density at radius 1 is 1.24 bits per heavy atom. The van der Waals surface area contributed by atoms with Gasteiger partial charge in [0.2, 0.25) is 11.8 Å². The summed E-state index contributed by atoms with van der Waals surface area (Å²) >= 11 is 0. The number of likely N-dealkylation sites (tertiary alicyclic amines) is 1. The number of carbonyl (C=O) groups is 2. The fourth-order valence-corrected chi connectivity index (χ4v) is 3.58. The number of methoxy groups -OCH3 is 2. The Kier molecular flexibility index (Phi) is 5.16. The van der Waals surface area contributed by atoms with Crippen molar-refractivity contribution in [2.75, 3.05) is 20.8 Å². The van der Waals surface area contributed by atoms with Crippen molar-refractivity contribution in [1.82, 2.24) is 10.2 Å². The van der Waals surface area contributed by atoms with E-state index in [1.807, 2.05) is 19.1 Å². The molecular formula is C19H26N2O4. The molecular weight excluding hydrogens is 320 g/mol. The molecule has 1 N–H and O–H groups in total. The number of nitrogens with one attached hydrogen (secondary N) is 1. The molecule has 6 heteroatoms. The summed E-state index contributed by atoms with van der Waals surface area (Å²) < 4.78 is 10.8. The molecule has 136 valence electrons. The highest BCUT2D eigenvalue weighted by Crippen LogP contribution is 2.42. The van der Waals surface area contributed by atoms with Crippen LogP contribution in [0.3, 0.4) is 0 Å². The number of carbonyl (C=O) groups excluding carboxylic acids is 2. The van der Waals surface area contributed by atoms with Gasteiger partial charge in [-0.1, -0.05) is 0 Å². The molecule has 25 heavy (non-hydrogen) atoms. The molecule has 1 aromatic rings. The van der Waals surface area contributed by atoms with Crippen molar-refractivity contribution >= 4 is 11.8 Å². The largest absolute Gasteiger partial charge is 0.497 e. The van der Waals surface area contributed by atoms with Gasteiger partial charge >= 0.3 is 0 Å². The van der Waals surface area contributed by atoms with Crippen LogP contribution in [0.15, 0.2) is 18.2 Å². The number of rotatable bonds is 6. The molecule has 0 aromatic heterocycles. The van der Waals surface area contributed by atoms with Gasteiger partial charge in [0.1, 0.15) is 11.5 Å². The monoisotopic (exact) mass is 346 g/mol. The van der Waals surface area contributed by atoms with E-state index in [2.05, 4.69) is 5.32 Å². The van der Waals surface area contributed by atoms with Crippen LogP contribution in [0.4, 0.5) is 0 Å². The van der Waals surface area contributed by atoms with Gasteiger partial charge in [0.15, 0.2) is 0 Å². The number of benzene rings is 1. The number of amides is 2. The van der Waals surface area contributed by atoms with Gasteiger partial charge < -0.3 is 19.7 Å². The van der Waals surface area contributed by atoms with E-state index >= 15 is 0 Å². The molecule has 0 radical (unpaired) electrons. The van der Waals surface area contributed by atoms with Crippen LogP contribution in [0.25, 0.3) is 0 Å². The van der Waals surface area contributed by atoms with Crippen LogP contribution in [0.2, 0.25) is 0 Å². The summed E-state index contributed by atoms with van der Waals surface area (Å²) in [6.07, 6.45) is 3.07. The molecule has 1 saturated heterocycles. The van der Waals surface area contributed by atoms with Crippen molar-refractivity contribution in [3.05, 3.63) is 23.8 Å². The third-order valence-corrected chi connectivity index (χ3v) is 5.07. The Balaban J connectivity index is 1.98. The summed E-state index contributed by atoms with van der Waals surface area (Å²) in [6.45, 7) is 2.51. The smallest absolute Gasteiger partial charge is 0.225 e. The van der Waals surface area contributed by atoms with Crippen LogP contribution in [-0.2, 0) is 9.59 Å². The van der Waals surface area contributed by atoms with E-state index < -0.39 is 0 Å². The molecule has 2 fully saturated rings. The molecule has 6 nitrogen and oxygen atoms in total. The third-order valence-electron chi connectivity index (χ3n) is 5.07. The Hall–Kier alpha value is -2.24. The van der Waals surface area contributed by atoms with Gasteiger partial charge in [-0.2, -0.15) is 0 Å². The summed E-state index contributed by atoms with van der Waals surface area (Å²) in [6, 6.07) is 5.55. The first-order chi connectivity index (χ1) is 12.1. The summed E-state index contributed by atoms with van der Waals surface area (Å²) in [5.74, 6) is 1.18. The van der Waals surface area contributed by atoms with Gasteiger partial charge in [0.05, 0.1) is 26.2 Å². The Morgan fingerprint density at radius 3 is 2.60 bits per heavy atom. The zero-order valence-corrected chi connectivity index (χ0v) is 15.1. The second-order valence-electron chi connectivity index (χ2n) is 6.66. The number of nitrogens with zero attached hydrogens (tertiary/aromatic N) is 1. The predicted molar refractivity (Wildman–Crippen MR) is 93.6 cm³/mol. The van der Waals surface area contributed by atoms with Crippen LogP contribution >= 0.6 is 0 Å². The molecule has 1 saturated carbocycles. The summed E-state index contributed by atoms with van der Waals surface area (Å²) in [4.78, 5) is 27.1. The van der Waals surface area contributed by atoms with Crippen molar-refractivity contribution in [2.24, 2.45) is 5.92 Å². The second kappa shape index (κ2) is 7.33. The molecule has 2 amide bonds. The Morgan fingerprint density at radius 2 is 2.00 bits per heavy atom. The molecule has 1 heterocycles. The predicted octanol–water partition coefficient (Wildman–Crippen LogP) is 2.28. The second-order valence-corrected chi connectivity index (χ2v) is 6.66. The highest BCUT2D eigenvalue weighted by molar-refractivity contribution is 5.85. The lowest BCUT2D eigenvalue weighted by Gasteiger charge is -2.40. The summed E-state index contributed by atoms with van der Waals surface area (Å²) in [7, 11) is 3.20. The molecule has 0 bridgehead atoms. The minimum absolute atomic E-state index is 0.0383. The van der Waals surface area contributed by atoms with Crippen molar-refractivity contribution < 1.29 is 19.1 Å². The van der Waals surface area contributed by atoms with E-state index in [0.717, 1.165) is 18.4 Å². The van der Waals surface area contributed by atoms with E-state index in [1.54, 1.807) is 25.2 Å². The maximum atomic E-state index is 12.8. The minimum atomic E-state index is -0.314. The highest BCUT2D eigenvalue weighted by Gasteiger charge is 2.42. The van der Waals surface area contributed by atoms with Gasteiger partial charge in [-0.15, -0.1) is 0 Å². The maximum absolute atomic E-state index is 12.8. The fourth-order valence-electron chi connectivity index (χ4n) is 3.58. The lowest BCUT2D eigenvalue weighted by Crippen LogP contribution is -2.48. The van der Waals surface area contributed by atoms with E-state index in [9.17, 15) is 9.59 Å². The first-order valence-electron chi connectivity index (χ1n) is 8.90. The molecule has 1 aromatic carbocycles. The first-order valence-corrected chi connectivity index (χ1v) is 8.90. The van der Waals surface area contributed by atoms with Crippen molar-refractivity contribution in [1.29, 1.82) is 0 Å². The third kappa shape index (κ3) is 3.57. The average molecular weight is 346 g/mol. The van der Waals surface area contributed by atoms with Crippen LogP contribution < -0.4 is 14.8 Å². The normalized spacial score (nSPS) is 23.3. The molecule has 2 atom stereocenters. The zero-order chi connectivity index (χ0) is 18.0. The lowest BCUT2D eigenvalue weighted by molar-refractivity contribution is -0.143. The van der Waals surface area contributed by atoms with Crippen molar-refractivity contribution in [2.45, 2.75) is 44.7 Å². The van der Waals surface area contributed by atoms with Crippen molar-refractivity contribution in [3.8, 4) is 11.5 Å². The molecule has 1 aliphatic heterocycles. The summed E-state index contributed by atoms with van der Waals surface area (Å²) in [5.41, 5.74) is 0.856. The number of hydrogen-bond donors (Lipinski definition) is 1. The van der Waals surface area contributed by atoms with E-state index in [1.165, 1.54) is 0 Å². The standard InChI is InChI=1S/C19H26N2O4/c1-4-21-17(22)10-9-15(19(23)20-12-5-6-12)18(21)14-8-7-13(24-2)11-16(14)25-3/h7-8,11-12,15,18H,4-6,9-10H2,1-3H3,(H,20,23)/t15-,18+/m1/s1. The van der Waals surface area contributed by atoms with Gasteiger partial charge in [0, 0.05) is 30.6 Å². The zero-order valence-electron chi connectivity index (χ0n) is 15.1. The van der Waals surface area contributed by atoms with Gasteiger partial charge in [-0.25, -0.2) is 0 Å². The van der Waals surface area contributed by atoms with Crippen LogP contribution in [0.5, 0.6) is 11.5 Å². The fraction of sp³-hybridized carbons (Fsp3) is 0.579.